The predicted octanol–water partition coefficient (Wildman–Crippen LogP) is 2.29. The molecule has 1 heterocycles. The van der Waals surface area contributed by atoms with Crippen LogP contribution in [0.4, 0.5) is 4.39 Å². The van der Waals surface area contributed by atoms with E-state index in [4.69, 9.17) is 4.74 Å². The van der Waals surface area contributed by atoms with E-state index in [1.165, 1.54) is 29.0 Å². The molecule has 0 spiro atoms. The maximum absolute atomic E-state index is 13.7. The first kappa shape index (κ1) is 22.6. The van der Waals surface area contributed by atoms with Crippen molar-refractivity contribution in [2.45, 2.75) is 19.1 Å². The first-order valence-corrected chi connectivity index (χ1v) is 11.5. The normalized spacial score (nSPS) is 12.5. The van der Waals surface area contributed by atoms with E-state index in [0.717, 1.165) is 5.56 Å². The van der Waals surface area contributed by atoms with E-state index in [2.05, 4.69) is 4.98 Å². The zero-order valence-corrected chi connectivity index (χ0v) is 17.6. The summed E-state index contributed by atoms with van der Waals surface area (Å²) >= 11 is 0. The predicted molar refractivity (Wildman–Crippen MR) is 115 cm³/mol. The van der Waals surface area contributed by atoms with E-state index in [1.54, 1.807) is 12.1 Å². The summed E-state index contributed by atoms with van der Waals surface area (Å²) in [5.41, 5.74) is 0.299. The molecule has 9 heteroatoms. The van der Waals surface area contributed by atoms with E-state index in [1.807, 2.05) is 30.3 Å². The number of rotatable bonds is 10. The van der Waals surface area contributed by atoms with Crippen LogP contribution in [0.2, 0.25) is 0 Å². The number of ether oxygens (including phenoxy) is 1. The second-order valence-corrected chi connectivity index (χ2v) is 9.33. The van der Waals surface area contributed by atoms with Gasteiger partial charge in [0.1, 0.15) is 12.5 Å². The van der Waals surface area contributed by atoms with Crippen LogP contribution in [-0.4, -0.2) is 36.1 Å². The molecule has 31 heavy (non-hydrogen) atoms. The molecule has 0 saturated carbocycles. The SMILES string of the molecule is O=c1ccn(COCCCS(=O)(=O)CC(c2ccccc2)c2cccc(F)c2)c(=O)[nH]1. The number of sulfone groups is 1. The van der Waals surface area contributed by atoms with Gasteiger partial charge in [-0.05, 0) is 29.7 Å². The summed E-state index contributed by atoms with van der Waals surface area (Å²) in [5.74, 6) is -1.16. The minimum Gasteiger partial charge on any atom is -0.361 e. The maximum Gasteiger partial charge on any atom is 0.330 e. The van der Waals surface area contributed by atoms with Gasteiger partial charge >= 0.3 is 5.69 Å². The number of nitrogens with zero attached hydrogens (tertiary/aromatic N) is 1. The number of aromatic amines is 1. The summed E-state index contributed by atoms with van der Waals surface area (Å²) in [7, 11) is -3.47. The lowest BCUT2D eigenvalue weighted by molar-refractivity contribution is 0.0745. The van der Waals surface area contributed by atoms with Crippen LogP contribution in [0.25, 0.3) is 0 Å². The van der Waals surface area contributed by atoms with Crippen LogP contribution in [0.3, 0.4) is 0 Å². The molecule has 1 aromatic heterocycles. The molecule has 0 aliphatic heterocycles. The third-order valence-corrected chi connectivity index (χ3v) is 6.50. The van der Waals surface area contributed by atoms with Crippen molar-refractivity contribution in [1.82, 2.24) is 9.55 Å². The first-order chi connectivity index (χ1) is 14.8. The highest BCUT2D eigenvalue weighted by molar-refractivity contribution is 7.91. The van der Waals surface area contributed by atoms with Gasteiger partial charge in [0.25, 0.3) is 5.56 Å². The van der Waals surface area contributed by atoms with Gasteiger partial charge in [0.05, 0.1) is 11.5 Å². The lowest BCUT2D eigenvalue weighted by Crippen LogP contribution is -2.29. The summed E-state index contributed by atoms with van der Waals surface area (Å²) in [6, 6.07) is 16.3. The third kappa shape index (κ3) is 6.73. The molecule has 0 aliphatic rings. The number of H-pyrrole nitrogens is 1. The van der Waals surface area contributed by atoms with Crippen LogP contribution in [0.5, 0.6) is 0 Å². The van der Waals surface area contributed by atoms with Gasteiger partial charge in [-0.2, -0.15) is 0 Å². The second-order valence-electron chi connectivity index (χ2n) is 7.10. The molecule has 0 radical (unpaired) electrons. The smallest absolute Gasteiger partial charge is 0.330 e. The Morgan fingerprint density at radius 1 is 1.00 bits per heavy atom. The molecular formula is C22H23FN2O5S. The number of aromatic nitrogens is 2. The van der Waals surface area contributed by atoms with Gasteiger partial charge in [0.2, 0.25) is 0 Å². The highest BCUT2D eigenvalue weighted by atomic mass is 32.2. The fourth-order valence-corrected chi connectivity index (χ4v) is 4.84. The summed E-state index contributed by atoms with van der Waals surface area (Å²) < 4.78 is 45.8. The third-order valence-electron chi connectivity index (χ3n) is 4.74. The van der Waals surface area contributed by atoms with Crippen LogP contribution < -0.4 is 11.2 Å². The number of benzene rings is 2. The van der Waals surface area contributed by atoms with E-state index >= 15 is 0 Å². The van der Waals surface area contributed by atoms with Gasteiger partial charge in [-0.1, -0.05) is 42.5 Å². The van der Waals surface area contributed by atoms with Crippen LogP contribution >= 0.6 is 0 Å². The van der Waals surface area contributed by atoms with Crippen molar-refractivity contribution in [3.8, 4) is 0 Å². The summed E-state index contributed by atoms with van der Waals surface area (Å²) in [5, 5.41) is 0. The van der Waals surface area contributed by atoms with E-state index < -0.39 is 32.8 Å². The number of nitrogens with one attached hydrogen (secondary N) is 1. The van der Waals surface area contributed by atoms with Crippen molar-refractivity contribution in [2.75, 3.05) is 18.1 Å². The van der Waals surface area contributed by atoms with Crippen molar-refractivity contribution < 1.29 is 17.5 Å². The van der Waals surface area contributed by atoms with Gasteiger partial charge in [0, 0.05) is 24.8 Å². The molecule has 1 atom stereocenters. The Morgan fingerprint density at radius 2 is 1.74 bits per heavy atom. The minimum atomic E-state index is -3.47. The van der Waals surface area contributed by atoms with Crippen LogP contribution in [0.1, 0.15) is 23.5 Å². The van der Waals surface area contributed by atoms with Crippen molar-refractivity contribution in [3.05, 3.63) is 105 Å². The lowest BCUT2D eigenvalue weighted by atomic mass is 9.93. The maximum atomic E-state index is 13.7. The Kier molecular flexibility index (Phi) is 7.54. The van der Waals surface area contributed by atoms with Crippen molar-refractivity contribution in [3.63, 3.8) is 0 Å². The topological polar surface area (TPSA) is 98.2 Å². The standard InChI is InChI=1S/C22H23FN2O5S/c23-19-9-4-8-18(14-19)20(17-6-2-1-3-7-17)15-31(28,29)13-5-12-30-16-25-11-10-21(26)24-22(25)27/h1-4,6-11,14,20H,5,12-13,15-16H2,(H,24,26,27). The van der Waals surface area contributed by atoms with Crippen molar-refractivity contribution in [1.29, 1.82) is 0 Å². The molecule has 1 unspecified atom stereocenters. The van der Waals surface area contributed by atoms with Crippen LogP contribution in [-0.2, 0) is 21.3 Å². The number of hydrogen-bond acceptors (Lipinski definition) is 5. The average molecular weight is 447 g/mol. The quantitative estimate of drug-likeness (QED) is 0.482. The van der Waals surface area contributed by atoms with Crippen LogP contribution in [0.15, 0.2) is 76.4 Å². The molecule has 7 nitrogen and oxygen atoms in total. The molecule has 2 aromatic carbocycles. The highest BCUT2D eigenvalue weighted by Gasteiger charge is 2.22. The molecule has 3 aromatic rings. The van der Waals surface area contributed by atoms with Gasteiger partial charge in [0.15, 0.2) is 9.84 Å². The summed E-state index contributed by atoms with van der Waals surface area (Å²) in [6.07, 6.45) is 1.55. The summed E-state index contributed by atoms with van der Waals surface area (Å²) in [6.45, 7) is 0.0341. The molecule has 1 N–H and O–H groups in total. The Bertz CT molecular complexity index is 1220. The van der Waals surface area contributed by atoms with E-state index in [0.29, 0.717) is 5.56 Å². The second kappa shape index (κ2) is 10.3. The Labute approximate surface area is 179 Å². The highest BCUT2D eigenvalue weighted by Crippen LogP contribution is 2.27. The number of halogens is 1. The van der Waals surface area contributed by atoms with Gasteiger partial charge in [-0.15, -0.1) is 0 Å². The van der Waals surface area contributed by atoms with Gasteiger partial charge in [-0.25, -0.2) is 17.6 Å². The largest absolute Gasteiger partial charge is 0.361 e. The van der Waals surface area contributed by atoms with Crippen LogP contribution in [0, 0.1) is 5.82 Å². The first-order valence-electron chi connectivity index (χ1n) is 9.72. The minimum absolute atomic E-state index is 0.0917. The monoisotopic (exact) mass is 446 g/mol. The average Bonchev–Trinajstić information content (AvgIpc) is 2.74. The lowest BCUT2D eigenvalue weighted by Gasteiger charge is -2.18. The zero-order valence-electron chi connectivity index (χ0n) is 16.7. The van der Waals surface area contributed by atoms with Gasteiger partial charge < -0.3 is 4.74 Å². The van der Waals surface area contributed by atoms with E-state index in [9.17, 15) is 22.4 Å². The molecule has 0 fully saturated rings. The molecule has 0 bridgehead atoms. The van der Waals surface area contributed by atoms with E-state index in [-0.39, 0.29) is 31.3 Å². The summed E-state index contributed by atoms with van der Waals surface area (Å²) in [4.78, 5) is 24.7. The van der Waals surface area contributed by atoms with Crippen molar-refractivity contribution in [2.24, 2.45) is 0 Å². The molecule has 0 aliphatic carbocycles. The Balaban J connectivity index is 1.60. The fraction of sp³-hybridized carbons (Fsp3) is 0.273. The molecule has 3 rings (SSSR count). The molecular weight excluding hydrogens is 423 g/mol. The molecule has 0 saturated heterocycles. The fourth-order valence-electron chi connectivity index (χ4n) is 3.22. The van der Waals surface area contributed by atoms with Crippen molar-refractivity contribution >= 4 is 9.84 Å². The Morgan fingerprint density at radius 3 is 2.45 bits per heavy atom. The molecule has 164 valence electrons. The molecule has 0 amide bonds. The van der Waals surface area contributed by atoms with Gasteiger partial charge in [-0.3, -0.25) is 14.3 Å². The Hall–Kier alpha value is -3.04. The zero-order chi connectivity index (χ0) is 22.3. The number of hydrogen-bond donors (Lipinski definition) is 1.